The van der Waals surface area contributed by atoms with Gasteiger partial charge in [0.25, 0.3) is 0 Å². The molecule has 0 aromatic carbocycles. The highest BCUT2D eigenvalue weighted by atomic mass is 16.5. The molecule has 4 nitrogen and oxygen atoms in total. The lowest BCUT2D eigenvalue weighted by atomic mass is 10.1. The molecule has 0 amide bonds. The summed E-state index contributed by atoms with van der Waals surface area (Å²) in [6.07, 6.45) is 1.29. The van der Waals surface area contributed by atoms with Crippen LogP contribution in [0, 0.1) is 0 Å². The molecular weight excluding hydrogens is 192 g/mol. The highest BCUT2D eigenvalue weighted by Gasteiger charge is 2.17. The Morgan fingerprint density at radius 1 is 1.47 bits per heavy atom. The van der Waals surface area contributed by atoms with Crippen molar-refractivity contribution in [1.82, 2.24) is 4.98 Å². The Kier molecular flexibility index (Phi) is 3.18. The van der Waals surface area contributed by atoms with Gasteiger partial charge < -0.3 is 14.7 Å². The monoisotopic (exact) mass is 208 g/mol. The second kappa shape index (κ2) is 4.59. The van der Waals surface area contributed by atoms with Crippen molar-refractivity contribution in [2.24, 2.45) is 0 Å². The Hall–Kier alpha value is -1.13. The van der Waals surface area contributed by atoms with E-state index in [1.807, 2.05) is 12.1 Å². The summed E-state index contributed by atoms with van der Waals surface area (Å²) >= 11 is 0. The minimum Gasteiger partial charge on any atom is -0.389 e. The number of aliphatic hydroxyl groups excluding tert-OH is 1. The Bertz CT molecular complexity index is 322. The second-order valence-electron chi connectivity index (χ2n) is 3.69. The zero-order chi connectivity index (χ0) is 10.7. The highest BCUT2D eigenvalue weighted by Crippen LogP contribution is 2.23. The molecule has 1 unspecified atom stereocenters. The average Bonchev–Trinajstić information content (AvgIpc) is 2.30. The Morgan fingerprint density at radius 2 is 2.20 bits per heavy atom. The number of ether oxygens (including phenoxy) is 1. The van der Waals surface area contributed by atoms with E-state index in [-0.39, 0.29) is 0 Å². The summed E-state index contributed by atoms with van der Waals surface area (Å²) in [6, 6.07) is 3.77. The molecule has 1 aromatic rings. The van der Waals surface area contributed by atoms with Crippen molar-refractivity contribution >= 4 is 5.82 Å². The maximum Gasteiger partial charge on any atom is 0.134 e. The van der Waals surface area contributed by atoms with Gasteiger partial charge in [0.05, 0.1) is 19.3 Å². The van der Waals surface area contributed by atoms with E-state index in [1.54, 1.807) is 13.1 Å². The van der Waals surface area contributed by atoms with Gasteiger partial charge >= 0.3 is 0 Å². The van der Waals surface area contributed by atoms with E-state index in [0.717, 1.165) is 37.7 Å². The zero-order valence-electron chi connectivity index (χ0n) is 8.89. The topological polar surface area (TPSA) is 45.6 Å². The predicted octanol–water partition coefficient (Wildman–Crippen LogP) is 0.972. The molecule has 1 aliphatic heterocycles. The lowest BCUT2D eigenvalue weighted by molar-refractivity contribution is 0.121. The van der Waals surface area contributed by atoms with Crippen LogP contribution in [0.15, 0.2) is 18.3 Å². The molecule has 2 rings (SSSR count). The smallest absolute Gasteiger partial charge is 0.134 e. The fraction of sp³-hybridized carbons (Fsp3) is 0.545. The van der Waals surface area contributed by atoms with E-state index in [9.17, 15) is 5.11 Å². The van der Waals surface area contributed by atoms with Gasteiger partial charge in [-0.05, 0) is 13.0 Å². The first-order chi connectivity index (χ1) is 7.29. The summed E-state index contributed by atoms with van der Waals surface area (Å²) in [5.74, 6) is 0.885. The van der Waals surface area contributed by atoms with Crippen LogP contribution in [0.1, 0.15) is 18.6 Å². The van der Waals surface area contributed by atoms with Gasteiger partial charge in [-0.1, -0.05) is 6.07 Å². The Balaban J connectivity index is 2.25. The lowest BCUT2D eigenvalue weighted by Gasteiger charge is -2.29. The molecule has 2 heterocycles. The van der Waals surface area contributed by atoms with Crippen molar-refractivity contribution in [2.75, 3.05) is 31.2 Å². The van der Waals surface area contributed by atoms with Gasteiger partial charge in [0.15, 0.2) is 0 Å². The Labute approximate surface area is 89.5 Å². The van der Waals surface area contributed by atoms with Crippen molar-refractivity contribution in [3.05, 3.63) is 23.9 Å². The predicted molar refractivity (Wildman–Crippen MR) is 57.9 cm³/mol. The maximum absolute atomic E-state index is 9.64. The van der Waals surface area contributed by atoms with Crippen LogP contribution < -0.4 is 4.90 Å². The Morgan fingerprint density at radius 3 is 2.87 bits per heavy atom. The fourth-order valence-electron chi connectivity index (χ4n) is 1.77. The van der Waals surface area contributed by atoms with E-state index in [2.05, 4.69) is 9.88 Å². The quantitative estimate of drug-likeness (QED) is 0.786. The SMILES string of the molecule is CC(O)c1cccnc1N1CCOCC1. The van der Waals surface area contributed by atoms with E-state index >= 15 is 0 Å². The van der Waals surface area contributed by atoms with Crippen LogP contribution in [0.5, 0.6) is 0 Å². The first kappa shape index (κ1) is 10.4. The van der Waals surface area contributed by atoms with Crippen molar-refractivity contribution in [1.29, 1.82) is 0 Å². The molecule has 0 spiro atoms. The first-order valence-electron chi connectivity index (χ1n) is 5.24. The number of morpholine rings is 1. The second-order valence-corrected chi connectivity index (χ2v) is 3.69. The summed E-state index contributed by atoms with van der Waals surface area (Å²) in [5.41, 5.74) is 0.888. The number of hydrogen-bond donors (Lipinski definition) is 1. The third kappa shape index (κ3) is 2.27. The summed E-state index contributed by atoms with van der Waals surface area (Å²) in [7, 11) is 0. The van der Waals surface area contributed by atoms with Crippen LogP contribution in [0.2, 0.25) is 0 Å². The third-order valence-electron chi connectivity index (χ3n) is 2.58. The van der Waals surface area contributed by atoms with Crippen LogP contribution in [0.3, 0.4) is 0 Å². The van der Waals surface area contributed by atoms with Crippen molar-refractivity contribution in [3.8, 4) is 0 Å². The number of rotatable bonds is 2. The number of aromatic nitrogens is 1. The number of hydrogen-bond acceptors (Lipinski definition) is 4. The maximum atomic E-state index is 9.64. The van der Waals surface area contributed by atoms with Gasteiger partial charge in [-0.3, -0.25) is 0 Å². The van der Waals surface area contributed by atoms with E-state index in [1.165, 1.54) is 0 Å². The van der Waals surface area contributed by atoms with Gasteiger partial charge in [-0.15, -0.1) is 0 Å². The van der Waals surface area contributed by atoms with Crippen LogP contribution in [0.25, 0.3) is 0 Å². The van der Waals surface area contributed by atoms with E-state index in [0.29, 0.717) is 0 Å². The van der Waals surface area contributed by atoms with Crippen molar-refractivity contribution in [3.63, 3.8) is 0 Å². The molecule has 1 aliphatic rings. The van der Waals surface area contributed by atoms with Crippen molar-refractivity contribution in [2.45, 2.75) is 13.0 Å². The van der Waals surface area contributed by atoms with Gasteiger partial charge in [0, 0.05) is 24.8 Å². The van der Waals surface area contributed by atoms with Gasteiger partial charge in [-0.2, -0.15) is 0 Å². The molecule has 0 bridgehead atoms. The number of nitrogens with zero attached hydrogens (tertiary/aromatic N) is 2. The zero-order valence-corrected chi connectivity index (χ0v) is 8.89. The van der Waals surface area contributed by atoms with Crippen molar-refractivity contribution < 1.29 is 9.84 Å². The third-order valence-corrected chi connectivity index (χ3v) is 2.58. The van der Waals surface area contributed by atoms with E-state index in [4.69, 9.17) is 4.74 Å². The lowest BCUT2D eigenvalue weighted by Crippen LogP contribution is -2.37. The van der Waals surface area contributed by atoms with Gasteiger partial charge in [-0.25, -0.2) is 4.98 Å². The normalized spacial score (nSPS) is 18.9. The van der Waals surface area contributed by atoms with Crippen LogP contribution in [-0.4, -0.2) is 36.4 Å². The number of anilines is 1. The van der Waals surface area contributed by atoms with Crippen LogP contribution in [0.4, 0.5) is 5.82 Å². The molecule has 1 atom stereocenters. The molecule has 0 radical (unpaired) electrons. The fourth-order valence-corrected chi connectivity index (χ4v) is 1.77. The van der Waals surface area contributed by atoms with Crippen LogP contribution in [-0.2, 0) is 4.74 Å². The molecule has 1 N–H and O–H groups in total. The molecule has 4 heteroatoms. The molecule has 0 aliphatic carbocycles. The number of pyridine rings is 1. The molecule has 0 saturated carbocycles. The average molecular weight is 208 g/mol. The molecule has 1 aromatic heterocycles. The number of aliphatic hydroxyl groups is 1. The summed E-state index contributed by atoms with van der Waals surface area (Å²) in [6.45, 7) is 4.92. The summed E-state index contributed by atoms with van der Waals surface area (Å²) in [5, 5.41) is 9.64. The minimum absolute atomic E-state index is 0.475. The molecule has 82 valence electrons. The first-order valence-corrected chi connectivity index (χ1v) is 5.24. The van der Waals surface area contributed by atoms with E-state index < -0.39 is 6.10 Å². The van der Waals surface area contributed by atoms with Crippen LogP contribution >= 0.6 is 0 Å². The molecule has 15 heavy (non-hydrogen) atoms. The highest BCUT2D eigenvalue weighted by molar-refractivity contribution is 5.48. The molecule has 1 saturated heterocycles. The van der Waals surface area contributed by atoms with Gasteiger partial charge in [0.1, 0.15) is 5.82 Å². The van der Waals surface area contributed by atoms with Gasteiger partial charge in [0.2, 0.25) is 0 Å². The summed E-state index contributed by atoms with van der Waals surface area (Å²) < 4.78 is 5.29. The molecule has 1 fully saturated rings. The largest absolute Gasteiger partial charge is 0.389 e. The molecular formula is C11H16N2O2. The standard InChI is InChI=1S/C11H16N2O2/c1-9(14)10-3-2-4-12-11(10)13-5-7-15-8-6-13/h2-4,9,14H,5-8H2,1H3. The summed E-state index contributed by atoms with van der Waals surface area (Å²) in [4.78, 5) is 6.49. The minimum atomic E-state index is -0.475.